The number of benzene rings is 1. The van der Waals surface area contributed by atoms with E-state index in [4.69, 9.17) is 16.7 Å². The lowest BCUT2D eigenvalue weighted by atomic mass is 10.0. The lowest BCUT2D eigenvalue weighted by molar-refractivity contribution is 0.0992. The van der Waals surface area contributed by atoms with Gasteiger partial charge in [0.2, 0.25) is 0 Å². The van der Waals surface area contributed by atoms with Gasteiger partial charge < -0.3 is 9.67 Å². The summed E-state index contributed by atoms with van der Waals surface area (Å²) < 4.78 is 3.27. The third-order valence-corrected chi connectivity index (χ3v) is 6.31. The van der Waals surface area contributed by atoms with Crippen molar-refractivity contribution < 1.29 is 9.90 Å². The first kappa shape index (κ1) is 20.0. The molecule has 7 nitrogen and oxygen atoms in total. The van der Waals surface area contributed by atoms with E-state index in [1.165, 1.54) is 4.57 Å². The van der Waals surface area contributed by atoms with Gasteiger partial charge in [0.1, 0.15) is 6.04 Å². The van der Waals surface area contributed by atoms with Crippen molar-refractivity contribution in [1.29, 1.82) is 0 Å². The van der Waals surface area contributed by atoms with Gasteiger partial charge in [0.05, 0.1) is 35.8 Å². The van der Waals surface area contributed by atoms with Crippen LogP contribution in [0.3, 0.4) is 0 Å². The van der Waals surface area contributed by atoms with Gasteiger partial charge in [-0.05, 0) is 43.5 Å². The second kappa shape index (κ2) is 7.35. The Hall–Kier alpha value is -2.90. The fourth-order valence-corrected chi connectivity index (χ4v) is 4.59. The Morgan fingerprint density at radius 2 is 1.90 bits per heavy atom. The number of aromatic nitrogens is 3. The summed E-state index contributed by atoms with van der Waals surface area (Å²) in [6.07, 6.45) is 3.73. The summed E-state index contributed by atoms with van der Waals surface area (Å²) in [5, 5.41) is 15.0. The molecule has 160 valence electrons. The molecule has 1 fully saturated rings. The lowest BCUT2D eigenvalue weighted by Gasteiger charge is -2.27. The number of carbonyl (C=O) groups excluding carboxylic acids is 1. The minimum atomic E-state index is -0.428. The van der Waals surface area contributed by atoms with Gasteiger partial charge in [0, 0.05) is 29.7 Å². The number of hydrogen-bond acceptors (Lipinski definition) is 4. The fraction of sp³-hybridized carbons (Fsp3) is 0.348. The first-order chi connectivity index (χ1) is 14.9. The highest BCUT2D eigenvalue weighted by Gasteiger charge is 2.47. The van der Waals surface area contributed by atoms with Crippen molar-refractivity contribution in [1.82, 2.24) is 14.3 Å². The average molecular weight is 439 g/mol. The summed E-state index contributed by atoms with van der Waals surface area (Å²) in [6, 6.07) is 8.75. The number of nitrogens with zero attached hydrogens (tertiary/aromatic N) is 4. The van der Waals surface area contributed by atoms with Gasteiger partial charge in [-0.15, -0.1) is 0 Å². The first-order valence-corrected chi connectivity index (χ1v) is 10.8. The van der Waals surface area contributed by atoms with Crippen LogP contribution in [0.25, 0.3) is 0 Å². The quantitative estimate of drug-likeness (QED) is 0.663. The van der Waals surface area contributed by atoms with Crippen LogP contribution in [0.15, 0.2) is 41.3 Å². The molecule has 8 heteroatoms. The number of aliphatic hydroxyl groups excluding tert-OH is 1. The molecule has 3 aromatic rings. The number of carbonyl (C=O) groups is 1. The van der Waals surface area contributed by atoms with E-state index in [9.17, 15) is 14.7 Å². The molecule has 1 unspecified atom stereocenters. The minimum Gasteiger partial charge on any atom is -0.394 e. The van der Waals surface area contributed by atoms with Crippen LogP contribution in [0.1, 0.15) is 57.7 Å². The summed E-state index contributed by atoms with van der Waals surface area (Å²) >= 11 is 6.13. The van der Waals surface area contributed by atoms with Crippen LogP contribution in [0.2, 0.25) is 5.02 Å². The number of hydrogen-bond donors (Lipinski definition) is 1. The summed E-state index contributed by atoms with van der Waals surface area (Å²) in [7, 11) is 1.69. The van der Waals surface area contributed by atoms with E-state index in [1.807, 2.05) is 12.1 Å². The molecular weight excluding hydrogens is 416 g/mol. The Morgan fingerprint density at radius 3 is 2.52 bits per heavy atom. The molecule has 1 aliphatic heterocycles. The molecule has 3 heterocycles. The third-order valence-electron chi connectivity index (χ3n) is 6.06. The molecule has 1 N–H and O–H groups in total. The van der Waals surface area contributed by atoms with Crippen molar-refractivity contribution in [3.8, 4) is 0 Å². The molecule has 2 aliphatic rings. The van der Waals surface area contributed by atoms with Crippen LogP contribution in [0.5, 0.6) is 0 Å². The Balaban J connectivity index is 1.75. The van der Waals surface area contributed by atoms with Crippen LogP contribution in [0.4, 0.5) is 5.69 Å². The lowest BCUT2D eigenvalue weighted by Crippen LogP contribution is -2.32. The van der Waals surface area contributed by atoms with Gasteiger partial charge in [-0.25, -0.2) is 0 Å². The Kier molecular flexibility index (Phi) is 4.75. The smallest absolute Gasteiger partial charge is 0.263 e. The number of aliphatic hydroxyl groups is 1. The Morgan fingerprint density at radius 1 is 1.19 bits per heavy atom. The van der Waals surface area contributed by atoms with E-state index in [0.29, 0.717) is 28.4 Å². The van der Waals surface area contributed by atoms with Gasteiger partial charge in [-0.1, -0.05) is 23.7 Å². The van der Waals surface area contributed by atoms with E-state index < -0.39 is 6.04 Å². The highest BCUT2D eigenvalue weighted by atomic mass is 35.5. The van der Waals surface area contributed by atoms with E-state index >= 15 is 0 Å². The monoisotopic (exact) mass is 438 g/mol. The molecular formula is C23H23ClN4O3. The van der Waals surface area contributed by atoms with Crippen molar-refractivity contribution in [2.24, 2.45) is 7.05 Å². The summed E-state index contributed by atoms with van der Waals surface area (Å²) in [6.45, 7) is 1.99. The summed E-state index contributed by atoms with van der Waals surface area (Å²) in [5.41, 5.74) is 4.25. The van der Waals surface area contributed by atoms with E-state index in [2.05, 4.69) is 0 Å². The fourth-order valence-electron chi connectivity index (χ4n) is 4.47. The molecule has 1 aliphatic carbocycles. The highest BCUT2D eigenvalue weighted by Crippen LogP contribution is 2.48. The largest absolute Gasteiger partial charge is 0.394 e. The summed E-state index contributed by atoms with van der Waals surface area (Å²) in [5.74, 6) is 0.157. The highest BCUT2D eigenvalue weighted by molar-refractivity contribution is 6.30. The number of anilines is 1. The van der Waals surface area contributed by atoms with Crippen LogP contribution in [0, 0.1) is 6.92 Å². The molecule has 5 rings (SSSR count). The molecule has 0 saturated heterocycles. The Bertz CT molecular complexity index is 1210. The zero-order chi connectivity index (χ0) is 21.9. The number of amides is 1. The van der Waals surface area contributed by atoms with Crippen LogP contribution in [-0.2, 0) is 13.6 Å². The predicted molar refractivity (Wildman–Crippen MR) is 118 cm³/mol. The van der Waals surface area contributed by atoms with E-state index in [0.717, 1.165) is 29.8 Å². The normalized spacial score (nSPS) is 18.0. The molecule has 1 atom stereocenters. The number of aryl methyl sites for hydroxylation is 2. The molecule has 1 saturated carbocycles. The molecule has 0 radical (unpaired) electrons. The van der Waals surface area contributed by atoms with Crippen molar-refractivity contribution in [2.75, 3.05) is 11.5 Å². The van der Waals surface area contributed by atoms with Gasteiger partial charge in [-0.2, -0.15) is 5.10 Å². The first-order valence-electron chi connectivity index (χ1n) is 10.4. The molecule has 0 bridgehead atoms. The van der Waals surface area contributed by atoms with Gasteiger partial charge in [0.25, 0.3) is 11.5 Å². The SMILES string of the molecule is Cc1cc(N2C(=O)c3c(C4CC4)nn(CCO)c3C2c2ccc(Cl)cc2)cn(C)c1=O. The number of halogens is 1. The maximum absolute atomic E-state index is 13.8. The third kappa shape index (κ3) is 3.20. The molecule has 1 aromatic carbocycles. The van der Waals surface area contributed by atoms with Gasteiger partial charge in [-0.3, -0.25) is 19.2 Å². The minimum absolute atomic E-state index is 0.0707. The van der Waals surface area contributed by atoms with Crippen molar-refractivity contribution in [2.45, 2.75) is 38.3 Å². The van der Waals surface area contributed by atoms with Crippen molar-refractivity contribution in [3.63, 3.8) is 0 Å². The van der Waals surface area contributed by atoms with Crippen molar-refractivity contribution >= 4 is 23.2 Å². The molecule has 1 amide bonds. The topological polar surface area (TPSA) is 80.4 Å². The average Bonchev–Trinajstić information content (AvgIpc) is 3.46. The zero-order valence-electron chi connectivity index (χ0n) is 17.4. The standard InChI is InChI=1S/C23H23ClN4O3/c1-13-11-17(12-26(2)22(13)30)28-20(15-5-7-16(24)8-6-15)21-18(23(28)31)19(14-3-4-14)25-27(21)9-10-29/h5-8,11-12,14,20,29H,3-4,9-10H2,1-2H3. The zero-order valence-corrected chi connectivity index (χ0v) is 18.1. The van der Waals surface area contributed by atoms with Crippen LogP contribution >= 0.6 is 11.6 Å². The number of pyridine rings is 1. The Labute approximate surface area is 184 Å². The predicted octanol–water partition coefficient (Wildman–Crippen LogP) is 3.16. The second-order valence-electron chi connectivity index (χ2n) is 8.29. The van der Waals surface area contributed by atoms with Crippen LogP contribution in [-0.4, -0.2) is 32.0 Å². The second-order valence-corrected chi connectivity index (χ2v) is 8.73. The number of fused-ring (bicyclic) bond motifs is 1. The maximum atomic E-state index is 13.8. The molecule has 31 heavy (non-hydrogen) atoms. The maximum Gasteiger partial charge on any atom is 0.263 e. The summed E-state index contributed by atoms with van der Waals surface area (Å²) in [4.78, 5) is 27.8. The van der Waals surface area contributed by atoms with Crippen LogP contribution < -0.4 is 10.5 Å². The molecule has 0 spiro atoms. The van der Waals surface area contributed by atoms with E-state index in [1.54, 1.807) is 47.9 Å². The molecule has 2 aromatic heterocycles. The number of rotatable bonds is 5. The van der Waals surface area contributed by atoms with Crippen molar-refractivity contribution in [3.05, 3.63) is 80.0 Å². The van der Waals surface area contributed by atoms with Gasteiger partial charge in [0.15, 0.2) is 0 Å². The van der Waals surface area contributed by atoms with Gasteiger partial charge >= 0.3 is 0 Å². The van der Waals surface area contributed by atoms with E-state index in [-0.39, 0.29) is 24.0 Å².